The van der Waals surface area contributed by atoms with E-state index in [1.165, 1.54) is 50.4 Å². The number of methoxy groups -OCH3 is 1. The monoisotopic (exact) mass is 585 g/mol. The summed E-state index contributed by atoms with van der Waals surface area (Å²) in [6.07, 6.45) is -0.0366. The number of ether oxygens (including phenoxy) is 2. The number of hydrogen-bond donors (Lipinski definition) is 3. The van der Waals surface area contributed by atoms with Gasteiger partial charge in [-0.3, -0.25) is 14.4 Å². The minimum atomic E-state index is -1.56. The molecule has 0 aliphatic rings. The lowest BCUT2D eigenvalue weighted by Gasteiger charge is -2.30. The van der Waals surface area contributed by atoms with E-state index in [0.717, 1.165) is 0 Å². The van der Waals surface area contributed by atoms with Gasteiger partial charge in [0.05, 0.1) is 29.1 Å². The number of halogens is 2. The first-order valence-electron chi connectivity index (χ1n) is 12.7. The predicted octanol–water partition coefficient (Wildman–Crippen LogP) is 4.66. The molecule has 9 nitrogen and oxygen atoms in total. The number of hydrogen-bond acceptors (Lipinski definition) is 7. The molecule has 1 atom stereocenters. The van der Waals surface area contributed by atoms with Crippen LogP contribution >= 0.6 is 11.6 Å². The Hall–Kier alpha value is -4.02. The molecule has 1 unspecified atom stereocenters. The second kappa shape index (κ2) is 12.7. The molecule has 0 aliphatic carbocycles. The van der Waals surface area contributed by atoms with E-state index in [9.17, 15) is 23.9 Å². The molecule has 2 aromatic carbocycles. The number of primary amides is 1. The van der Waals surface area contributed by atoms with E-state index in [2.05, 4.69) is 10.3 Å². The van der Waals surface area contributed by atoms with Crippen LogP contribution in [0.5, 0.6) is 11.5 Å². The summed E-state index contributed by atoms with van der Waals surface area (Å²) in [6.45, 7) is 6.20. The van der Waals surface area contributed by atoms with Crippen molar-refractivity contribution in [1.29, 1.82) is 0 Å². The number of carbonyl (C=O) groups is 3. The van der Waals surface area contributed by atoms with E-state index in [1.54, 1.807) is 32.9 Å². The van der Waals surface area contributed by atoms with E-state index in [0.29, 0.717) is 22.4 Å². The summed E-state index contributed by atoms with van der Waals surface area (Å²) >= 11 is 6.01. The number of carbonyl (C=O) groups excluding carboxylic acids is 3. The number of nitrogens with two attached hydrogens (primary N) is 1. The van der Waals surface area contributed by atoms with Gasteiger partial charge in [-0.1, -0.05) is 11.6 Å². The second-order valence-corrected chi connectivity index (χ2v) is 10.8. The summed E-state index contributed by atoms with van der Waals surface area (Å²) in [5.41, 5.74) is 4.83. The van der Waals surface area contributed by atoms with Crippen LogP contribution < -0.4 is 20.5 Å². The fourth-order valence-corrected chi connectivity index (χ4v) is 4.40. The summed E-state index contributed by atoms with van der Waals surface area (Å²) in [5, 5.41) is 14.3. The number of aliphatic hydroxyl groups is 1. The van der Waals surface area contributed by atoms with Crippen molar-refractivity contribution in [3.8, 4) is 22.8 Å². The van der Waals surface area contributed by atoms with Crippen molar-refractivity contribution in [3.63, 3.8) is 0 Å². The van der Waals surface area contributed by atoms with Gasteiger partial charge in [0.25, 0.3) is 5.91 Å². The lowest BCUT2D eigenvalue weighted by molar-refractivity contribution is -0.121. The number of Topliss-reactive ketones (excluding diaryl/α,β-unsaturated/α-hetero) is 1. The third-order valence-electron chi connectivity index (χ3n) is 6.50. The Morgan fingerprint density at radius 2 is 1.78 bits per heavy atom. The first-order valence-corrected chi connectivity index (χ1v) is 13.1. The van der Waals surface area contributed by atoms with Gasteiger partial charge in [-0.2, -0.15) is 0 Å². The topological polar surface area (TPSA) is 141 Å². The molecule has 0 aliphatic heterocycles. The average molecular weight is 586 g/mol. The normalized spacial score (nSPS) is 12.8. The molecule has 1 aromatic heterocycles. The van der Waals surface area contributed by atoms with Gasteiger partial charge in [-0.05, 0) is 81.3 Å². The maximum Gasteiger partial charge on any atom is 0.255 e. The maximum atomic E-state index is 13.8. The van der Waals surface area contributed by atoms with Crippen molar-refractivity contribution >= 4 is 29.2 Å². The highest BCUT2D eigenvalue weighted by Gasteiger charge is 2.30. The zero-order valence-electron chi connectivity index (χ0n) is 23.5. The van der Waals surface area contributed by atoms with Crippen LogP contribution in [-0.2, 0) is 20.7 Å². The maximum absolute atomic E-state index is 13.8. The van der Waals surface area contributed by atoms with Crippen molar-refractivity contribution in [2.45, 2.75) is 51.7 Å². The summed E-state index contributed by atoms with van der Waals surface area (Å²) in [5.74, 6) is -1.26. The predicted molar refractivity (Wildman–Crippen MR) is 152 cm³/mol. The molecule has 4 N–H and O–H groups in total. The van der Waals surface area contributed by atoms with Crippen molar-refractivity contribution in [2.24, 2.45) is 5.73 Å². The Morgan fingerprint density at radius 1 is 1.07 bits per heavy atom. The Balaban J connectivity index is 1.93. The number of pyridine rings is 1. The van der Waals surface area contributed by atoms with Gasteiger partial charge in [-0.25, -0.2) is 9.37 Å². The SMILES string of the molecule is COc1cc(C(=O)CCC(C)(O)c2cc(C(C)(C)NC(C)=O)cc(-c3ccc(F)c(Cl)c3)n2)ccc1OCC(N)=O. The standard InChI is InChI=1S/C30H33ClFN3O6/c1-17(36)35-29(2,3)20-14-23(18-6-8-22(32)21(31)12-18)34-27(15-20)30(4,39)11-10-24(37)19-7-9-25(26(13-19)40-5)41-16-28(33)38/h6-9,12-15,39H,10-11,16H2,1-5H3,(H2,33,38)(H,35,36). The lowest BCUT2D eigenvalue weighted by Crippen LogP contribution is -2.40. The molecule has 0 spiro atoms. The van der Waals surface area contributed by atoms with Crippen LogP contribution in [0.4, 0.5) is 4.39 Å². The molecule has 0 saturated heterocycles. The smallest absolute Gasteiger partial charge is 0.255 e. The largest absolute Gasteiger partial charge is 0.493 e. The van der Waals surface area contributed by atoms with Crippen LogP contribution in [0, 0.1) is 5.82 Å². The number of benzene rings is 2. The van der Waals surface area contributed by atoms with Gasteiger partial charge in [0.2, 0.25) is 5.91 Å². The Morgan fingerprint density at radius 3 is 2.39 bits per heavy atom. The van der Waals surface area contributed by atoms with E-state index < -0.39 is 22.9 Å². The van der Waals surface area contributed by atoms with E-state index in [1.807, 2.05) is 0 Å². The quantitative estimate of drug-likeness (QED) is 0.263. The van der Waals surface area contributed by atoms with Gasteiger partial charge < -0.3 is 25.6 Å². The molecule has 2 amide bonds. The molecule has 41 heavy (non-hydrogen) atoms. The Bertz CT molecular complexity index is 1470. The number of aromatic nitrogens is 1. The van der Waals surface area contributed by atoms with Crippen LogP contribution in [0.2, 0.25) is 5.02 Å². The molecule has 1 heterocycles. The van der Waals surface area contributed by atoms with Crippen molar-refractivity contribution in [3.05, 3.63) is 76.2 Å². The molecule has 0 fully saturated rings. The number of rotatable bonds is 12. The fourth-order valence-electron chi connectivity index (χ4n) is 4.22. The lowest BCUT2D eigenvalue weighted by atomic mass is 9.87. The molecule has 218 valence electrons. The highest BCUT2D eigenvalue weighted by molar-refractivity contribution is 6.31. The number of nitrogens with one attached hydrogen (secondary N) is 1. The van der Waals surface area contributed by atoms with Crippen molar-refractivity contribution in [1.82, 2.24) is 10.3 Å². The molecule has 3 rings (SSSR count). The van der Waals surface area contributed by atoms with Crippen molar-refractivity contribution in [2.75, 3.05) is 13.7 Å². The molecule has 11 heteroatoms. The van der Waals surface area contributed by atoms with Gasteiger partial charge in [0.1, 0.15) is 11.4 Å². The average Bonchev–Trinajstić information content (AvgIpc) is 2.91. The van der Waals surface area contributed by atoms with E-state index in [4.69, 9.17) is 26.8 Å². The number of ketones is 1. The van der Waals surface area contributed by atoms with Gasteiger partial charge in [-0.15, -0.1) is 0 Å². The van der Waals surface area contributed by atoms with Crippen LogP contribution in [-0.4, -0.2) is 41.4 Å². The van der Waals surface area contributed by atoms with E-state index >= 15 is 0 Å². The highest BCUT2D eigenvalue weighted by atomic mass is 35.5. The first kappa shape index (κ1) is 31.5. The molecular weight excluding hydrogens is 553 g/mol. The molecule has 0 bridgehead atoms. The highest BCUT2D eigenvalue weighted by Crippen LogP contribution is 2.34. The summed E-state index contributed by atoms with van der Waals surface area (Å²) in [4.78, 5) is 40.6. The molecular formula is C30H33ClFN3O6. The van der Waals surface area contributed by atoms with Crippen LogP contribution in [0.3, 0.4) is 0 Å². The summed E-state index contributed by atoms with van der Waals surface area (Å²) in [6, 6.07) is 12.1. The molecule has 0 radical (unpaired) electrons. The summed E-state index contributed by atoms with van der Waals surface area (Å²) in [7, 11) is 1.40. The van der Waals surface area contributed by atoms with E-state index in [-0.39, 0.29) is 53.4 Å². The van der Waals surface area contributed by atoms with Gasteiger partial charge in [0.15, 0.2) is 23.9 Å². The second-order valence-electron chi connectivity index (χ2n) is 10.4. The van der Waals surface area contributed by atoms with Gasteiger partial charge >= 0.3 is 0 Å². The minimum absolute atomic E-state index is 0.00864. The zero-order chi connectivity index (χ0) is 30.5. The third kappa shape index (κ3) is 8.02. The Kier molecular flexibility index (Phi) is 9.73. The number of amides is 2. The number of nitrogens with zero attached hydrogens (tertiary/aromatic N) is 1. The molecule has 3 aromatic rings. The van der Waals surface area contributed by atoms with Crippen LogP contribution in [0.1, 0.15) is 62.2 Å². The first-order chi connectivity index (χ1) is 19.1. The Labute approximate surface area is 242 Å². The third-order valence-corrected chi connectivity index (χ3v) is 6.79. The summed E-state index contributed by atoms with van der Waals surface area (Å²) < 4.78 is 24.4. The fraction of sp³-hybridized carbons (Fsp3) is 0.333. The van der Waals surface area contributed by atoms with Gasteiger partial charge in [0, 0.05) is 24.5 Å². The molecule has 0 saturated carbocycles. The van der Waals surface area contributed by atoms with Crippen LogP contribution in [0.25, 0.3) is 11.3 Å². The van der Waals surface area contributed by atoms with Crippen LogP contribution in [0.15, 0.2) is 48.5 Å². The van der Waals surface area contributed by atoms with Crippen molar-refractivity contribution < 1.29 is 33.4 Å². The minimum Gasteiger partial charge on any atom is -0.493 e. The zero-order valence-corrected chi connectivity index (χ0v) is 24.3.